The van der Waals surface area contributed by atoms with Crippen LogP contribution < -0.4 is 5.32 Å². The first-order valence-electron chi connectivity index (χ1n) is 7.15. The van der Waals surface area contributed by atoms with E-state index in [0.29, 0.717) is 11.4 Å². The minimum Gasteiger partial charge on any atom is -0.345 e. The summed E-state index contributed by atoms with van der Waals surface area (Å²) in [5, 5.41) is 5.82. The first kappa shape index (κ1) is 14.2. The summed E-state index contributed by atoms with van der Waals surface area (Å²) in [5.41, 5.74) is 1.88. The van der Waals surface area contributed by atoms with Gasteiger partial charge in [-0.25, -0.2) is 4.98 Å². The number of para-hydroxylation sites is 1. The van der Waals surface area contributed by atoms with Crippen LogP contribution in [-0.4, -0.2) is 15.5 Å². The van der Waals surface area contributed by atoms with Crippen LogP contribution in [0.5, 0.6) is 0 Å². The lowest BCUT2D eigenvalue weighted by molar-refractivity contribution is 0.0955. The number of aromatic nitrogens is 2. The quantitative estimate of drug-likeness (QED) is 0.609. The molecule has 6 heteroatoms. The van der Waals surface area contributed by atoms with E-state index in [0.717, 1.165) is 20.9 Å². The van der Waals surface area contributed by atoms with Crippen molar-refractivity contribution >= 4 is 38.8 Å². The van der Waals surface area contributed by atoms with Gasteiger partial charge in [0.05, 0.1) is 22.4 Å². The molecule has 0 radical (unpaired) electrons. The van der Waals surface area contributed by atoms with Crippen LogP contribution >= 0.6 is 22.7 Å². The van der Waals surface area contributed by atoms with Gasteiger partial charge in [0.15, 0.2) is 0 Å². The van der Waals surface area contributed by atoms with Gasteiger partial charge in [-0.2, -0.15) is 0 Å². The van der Waals surface area contributed by atoms with Gasteiger partial charge in [-0.1, -0.05) is 12.1 Å². The number of carbonyl (C=O) groups is 1. The molecule has 0 fully saturated rings. The van der Waals surface area contributed by atoms with Gasteiger partial charge in [-0.05, 0) is 35.7 Å². The molecule has 0 spiro atoms. The summed E-state index contributed by atoms with van der Waals surface area (Å²) in [5.74, 6) is -0.0667. The van der Waals surface area contributed by atoms with Gasteiger partial charge in [0, 0.05) is 12.4 Å². The Hall–Kier alpha value is -2.44. The standard InChI is InChI=1S/C17H13N3OS2/c21-17(16-13(7-10-22-16)20-8-3-4-9-20)18-11-15-19-12-5-1-2-6-14(12)23-15/h1-10H,11H2,(H,18,21). The predicted molar refractivity (Wildman–Crippen MR) is 94.4 cm³/mol. The summed E-state index contributed by atoms with van der Waals surface area (Å²) >= 11 is 3.06. The highest BCUT2D eigenvalue weighted by molar-refractivity contribution is 7.18. The largest absolute Gasteiger partial charge is 0.345 e. The van der Waals surface area contributed by atoms with Crippen molar-refractivity contribution in [3.05, 3.63) is 70.1 Å². The number of benzene rings is 1. The number of thiophene rings is 1. The monoisotopic (exact) mass is 339 g/mol. The number of carbonyl (C=O) groups excluding carboxylic acids is 1. The molecular weight excluding hydrogens is 326 g/mol. The molecule has 0 aliphatic rings. The maximum Gasteiger partial charge on any atom is 0.263 e. The highest BCUT2D eigenvalue weighted by Crippen LogP contribution is 2.23. The normalized spacial score (nSPS) is 11.0. The summed E-state index contributed by atoms with van der Waals surface area (Å²) in [4.78, 5) is 17.7. The SMILES string of the molecule is O=C(NCc1nc2ccccc2s1)c1sccc1-n1cccc1. The van der Waals surface area contributed by atoms with E-state index in [2.05, 4.69) is 10.3 Å². The zero-order valence-corrected chi connectivity index (χ0v) is 13.7. The zero-order chi connectivity index (χ0) is 15.6. The van der Waals surface area contributed by atoms with E-state index in [4.69, 9.17) is 0 Å². The molecule has 4 nitrogen and oxygen atoms in total. The van der Waals surface area contributed by atoms with Crippen molar-refractivity contribution in [2.45, 2.75) is 6.54 Å². The van der Waals surface area contributed by atoms with Crippen molar-refractivity contribution in [3.63, 3.8) is 0 Å². The van der Waals surface area contributed by atoms with Gasteiger partial charge in [-0.15, -0.1) is 22.7 Å². The third-order valence-electron chi connectivity index (χ3n) is 3.47. The molecule has 3 aromatic heterocycles. The van der Waals surface area contributed by atoms with E-state index in [-0.39, 0.29) is 5.91 Å². The number of hydrogen-bond acceptors (Lipinski definition) is 4. The minimum absolute atomic E-state index is 0.0667. The van der Waals surface area contributed by atoms with Crippen LogP contribution in [0, 0.1) is 0 Å². The fraction of sp³-hybridized carbons (Fsp3) is 0.0588. The fourth-order valence-electron chi connectivity index (χ4n) is 2.40. The fourth-order valence-corrected chi connectivity index (χ4v) is 4.12. The molecule has 1 aromatic carbocycles. The smallest absolute Gasteiger partial charge is 0.263 e. The first-order valence-corrected chi connectivity index (χ1v) is 8.84. The number of nitrogens with one attached hydrogen (secondary N) is 1. The first-order chi connectivity index (χ1) is 11.3. The van der Waals surface area contributed by atoms with Crippen molar-refractivity contribution < 1.29 is 4.79 Å². The van der Waals surface area contributed by atoms with Gasteiger partial charge in [0.1, 0.15) is 9.88 Å². The van der Waals surface area contributed by atoms with Crippen LogP contribution in [0.15, 0.2) is 60.2 Å². The Labute approximate surface area is 141 Å². The lowest BCUT2D eigenvalue weighted by Crippen LogP contribution is -2.22. The average Bonchev–Trinajstić information content (AvgIpc) is 3.31. The van der Waals surface area contributed by atoms with Crippen molar-refractivity contribution in [1.82, 2.24) is 14.9 Å². The molecule has 1 N–H and O–H groups in total. The third kappa shape index (κ3) is 2.78. The Morgan fingerprint density at radius 1 is 1.13 bits per heavy atom. The molecule has 0 unspecified atom stereocenters. The number of fused-ring (bicyclic) bond motifs is 1. The number of hydrogen-bond donors (Lipinski definition) is 1. The average molecular weight is 339 g/mol. The molecule has 4 aromatic rings. The van der Waals surface area contributed by atoms with Crippen LogP contribution in [0.25, 0.3) is 15.9 Å². The van der Waals surface area contributed by atoms with Crippen molar-refractivity contribution in [1.29, 1.82) is 0 Å². The van der Waals surface area contributed by atoms with Crippen LogP contribution in [-0.2, 0) is 6.54 Å². The maximum absolute atomic E-state index is 12.5. The van der Waals surface area contributed by atoms with Crippen LogP contribution in [0.2, 0.25) is 0 Å². The molecule has 0 bridgehead atoms. The summed E-state index contributed by atoms with van der Waals surface area (Å²) in [7, 11) is 0. The molecule has 0 atom stereocenters. The summed E-state index contributed by atoms with van der Waals surface area (Å²) < 4.78 is 3.09. The van der Waals surface area contributed by atoms with E-state index >= 15 is 0 Å². The molecule has 0 aliphatic heterocycles. The molecule has 0 saturated carbocycles. The lowest BCUT2D eigenvalue weighted by Gasteiger charge is -2.05. The highest BCUT2D eigenvalue weighted by atomic mass is 32.1. The van der Waals surface area contributed by atoms with Gasteiger partial charge in [-0.3, -0.25) is 4.79 Å². The second-order valence-corrected chi connectivity index (χ2v) is 7.01. The molecule has 114 valence electrons. The molecular formula is C17H13N3OS2. The Balaban J connectivity index is 1.51. The Bertz CT molecular complexity index is 920. The Kier molecular flexibility index (Phi) is 3.69. The second kappa shape index (κ2) is 5.98. The molecule has 1 amide bonds. The molecule has 3 heterocycles. The van der Waals surface area contributed by atoms with E-state index < -0.39 is 0 Å². The number of nitrogens with zero attached hydrogens (tertiary/aromatic N) is 2. The molecule has 23 heavy (non-hydrogen) atoms. The highest BCUT2D eigenvalue weighted by Gasteiger charge is 2.14. The number of amides is 1. The van der Waals surface area contributed by atoms with Gasteiger partial charge < -0.3 is 9.88 Å². The topological polar surface area (TPSA) is 46.9 Å². The van der Waals surface area contributed by atoms with E-state index in [1.165, 1.54) is 11.3 Å². The lowest BCUT2D eigenvalue weighted by atomic mass is 10.3. The predicted octanol–water partition coefficient (Wildman–Crippen LogP) is 4.08. The van der Waals surface area contributed by atoms with Crippen LogP contribution in [0.1, 0.15) is 14.7 Å². The molecule has 4 rings (SSSR count). The van der Waals surface area contributed by atoms with Gasteiger partial charge >= 0.3 is 0 Å². The molecule has 0 aliphatic carbocycles. The zero-order valence-electron chi connectivity index (χ0n) is 12.1. The molecule has 0 saturated heterocycles. The third-order valence-corrected chi connectivity index (χ3v) is 5.41. The summed E-state index contributed by atoms with van der Waals surface area (Å²) in [6, 6.07) is 13.8. The Morgan fingerprint density at radius 3 is 2.78 bits per heavy atom. The number of thiazole rings is 1. The second-order valence-electron chi connectivity index (χ2n) is 4.98. The van der Waals surface area contributed by atoms with E-state index in [1.54, 1.807) is 11.3 Å². The van der Waals surface area contributed by atoms with Crippen LogP contribution in [0.3, 0.4) is 0 Å². The van der Waals surface area contributed by atoms with Gasteiger partial charge in [0.2, 0.25) is 0 Å². The Morgan fingerprint density at radius 2 is 1.96 bits per heavy atom. The van der Waals surface area contributed by atoms with E-state index in [9.17, 15) is 4.79 Å². The minimum atomic E-state index is -0.0667. The van der Waals surface area contributed by atoms with Gasteiger partial charge in [0.25, 0.3) is 5.91 Å². The van der Waals surface area contributed by atoms with E-state index in [1.807, 2.05) is 64.8 Å². The van der Waals surface area contributed by atoms with Crippen molar-refractivity contribution in [3.8, 4) is 5.69 Å². The summed E-state index contributed by atoms with van der Waals surface area (Å²) in [6.07, 6.45) is 3.87. The van der Waals surface area contributed by atoms with Crippen LogP contribution in [0.4, 0.5) is 0 Å². The number of rotatable bonds is 4. The summed E-state index contributed by atoms with van der Waals surface area (Å²) in [6.45, 7) is 0.446. The maximum atomic E-state index is 12.5. The van der Waals surface area contributed by atoms with Crippen molar-refractivity contribution in [2.24, 2.45) is 0 Å². The van der Waals surface area contributed by atoms with Crippen molar-refractivity contribution in [2.75, 3.05) is 0 Å².